The number of nitriles is 1. The predicted octanol–water partition coefficient (Wildman–Crippen LogP) is 5.06. The van der Waals surface area contributed by atoms with Gasteiger partial charge in [-0.3, -0.25) is 4.79 Å². The molecule has 1 N–H and O–H groups in total. The fourth-order valence-electron chi connectivity index (χ4n) is 2.80. The summed E-state index contributed by atoms with van der Waals surface area (Å²) in [5.41, 5.74) is 2.42. The van der Waals surface area contributed by atoms with Crippen LogP contribution in [0.2, 0.25) is 5.02 Å². The molecule has 0 unspecified atom stereocenters. The van der Waals surface area contributed by atoms with Crippen molar-refractivity contribution in [2.24, 2.45) is 0 Å². The molecule has 0 aliphatic carbocycles. The van der Waals surface area contributed by atoms with Crippen LogP contribution >= 0.6 is 11.6 Å². The maximum Gasteiger partial charge on any atom is 0.339 e. The number of esters is 1. The Kier molecular flexibility index (Phi) is 6.28. The molecule has 1 atom stereocenters. The largest absolute Gasteiger partial charge is 0.449 e. The molecular weight excluding hydrogens is 388 g/mol. The molecule has 0 heterocycles. The Morgan fingerprint density at radius 2 is 1.69 bits per heavy atom. The number of ether oxygens (including phenoxy) is 1. The third-order valence-electron chi connectivity index (χ3n) is 4.23. The summed E-state index contributed by atoms with van der Waals surface area (Å²) in [6, 6.07) is 22.6. The fourth-order valence-corrected chi connectivity index (χ4v) is 2.99. The summed E-state index contributed by atoms with van der Waals surface area (Å²) >= 11 is 5.91. The standard InChI is InChI=1S/C23H17ClN2O3/c1-15(22(27)26-18-9-6-8-17(24)13-18)29-23(28)21-12-5-4-11-20(21)19-10-3-2-7-16(19)14-25/h2-13,15H,1H3,(H,26,27)/t15-/m1/s1. The van der Waals surface area contributed by atoms with E-state index in [0.717, 1.165) is 0 Å². The van der Waals surface area contributed by atoms with Crippen LogP contribution < -0.4 is 5.32 Å². The Hall–Kier alpha value is -3.62. The average Bonchev–Trinajstić information content (AvgIpc) is 2.73. The molecule has 1 amide bonds. The summed E-state index contributed by atoms with van der Waals surface area (Å²) in [6.07, 6.45) is -1.03. The number of nitrogens with zero attached hydrogens (tertiary/aromatic N) is 1. The molecule has 0 aliphatic rings. The molecule has 0 spiro atoms. The van der Waals surface area contributed by atoms with Crippen molar-refractivity contribution in [3.63, 3.8) is 0 Å². The second-order valence-corrected chi connectivity index (χ2v) is 6.69. The maximum atomic E-state index is 12.8. The molecule has 6 heteroatoms. The lowest BCUT2D eigenvalue weighted by molar-refractivity contribution is -0.123. The molecule has 3 rings (SSSR count). The number of rotatable bonds is 5. The van der Waals surface area contributed by atoms with Gasteiger partial charge in [-0.2, -0.15) is 5.26 Å². The van der Waals surface area contributed by atoms with Crippen LogP contribution in [0.1, 0.15) is 22.8 Å². The molecule has 29 heavy (non-hydrogen) atoms. The second kappa shape index (κ2) is 9.05. The van der Waals surface area contributed by atoms with E-state index in [0.29, 0.717) is 27.4 Å². The van der Waals surface area contributed by atoms with Gasteiger partial charge < -0.3 is 10.1 Å². The molecule has 0 bridgehead atoms. The van der Waals surface area contributed by atoms with Crippen LogP contribution in [0, 0.1) is 11.3 Å². The monoisotopic (exact) mass is 404 g/mol. The van der Waals surface area contributed by atoms with Crippen LogP contribution in [-0.4, -0.2) is 18.0 Å². The van der Waals surface area contributed by atoms with E-state index in [1.165, 1.54) is 6.92 Å². The number of hydrogen-bond acceptors (Lipinski definition) is 4. The Bertz CT molecular complexity index is 1110. The number of hydrogen-bond donors (Lipinski definition) is 1. The first-order valence-corrected chi connectivity index (χ1v) is 9.23. The molecular formula is C23H17ClN2O3. The summed E-state index contributed by atoms with van der Waals surface area (Å²) in [7, 11) is 0. The minimum atomic E-state index is -1.03. The van der Waals surface area contributed by atoms with Gasteiger partial charge in [-0.25, -0.2) is 4.79 Å². The Morgan fingerprint density at radius 3 is 2.41 bits per heavy atom. The molecule has 0 saturated carbocycles. The van der Waals surface area contributed by atoms with E-state index in [1.807, 2.05) is 0 Å². The zero-order chi connectivity index (χ0) is 20.8. The van der Waals surface area contributed by atoms with Crippen molar-refractivity contribution < 1.29 is 14.3 Å². The van der Waals surface area contributed by atoms with Crippen molar-refractivity contribution >= 4 is 29.2 Å². The average molecular weight is 405 g/mol. The number of carbonyl (C=O) groups excluding carboxylic acids is 2. The highest BCUT2D eigenvalue weighted by molar-refractivity contribution is 6.30. The zero-order valence-corrected chi connectivity index (χ0v) is 16.3. The normalized spacial score (nSPS) is 11.2. The van der Waals surface area contributed by atoms with E-state index in [9.17, 15) is 14.9 Å². The first-order valence-electron chi connectivity index (χ1n) is 8.85. The van der Waals surface area contributed by atoms with Crippen LogP contribution in [0.3, 0.4) is 0 Å². The van der Waals surface area contributed by atoms with Crippen LogP contribution in [0.25, 0.3) is 11.1 Å². The van der Waals surface area contributed by atoms with Crippen LogP contribution in [-0.2, 0) is 9.53 Å². The summed E-state index contributed by atoms with van der Waals surface area (Å²) < 4.78 is 5.37. The van der Waals surface area contributed by atoms with Crippen molar-refractivity contribution in [2.75, 3.05) is 5.32 Å². The molecule has 0 saturated heterocycles. The van der Waals surface area contributed by atoms with Gasteiger partial charge in [0.25, 0.3) is 5.91 Å². The molecule has 5 nitrogen and oxygen atoms in total. The van der Waals surface area contributed by atoms with E-state index in [1.54, 1.807) is 72.8 Å². The van der Waals surface area contributed by atoms with E-state index >= 15 is 0 Å². The van der Waals surface area contributed by atoms with Crippen molar-refractivity contribution in [3.05, 3.63) is 88.9 Å². The number of benzene rings is 3. The smallest absolute Gasteiger partial charge is 0.339 e. The van der Waals surface area contributed by atoms with Crippen molar-refractivity contribution in [1.82, 2.24) is 0 Å². The minimum Gasteiger partial charge on any atom is -0.449 e. The third kappa shape index (κ3) is 4.81. The second-order valence-electron chi connectivity index (χ2n) is 6.25. The van der Waals surface area contributed by atoms with Gasteiger partial charge in [0.05, 0.1) is 17.2 Å². The quantitative estimate of drug-likeness (QED) is 0.602. The molecule has 0 fully saturated rings. The van der Waals surface area contributed by atoms with Crippen LogP contribution in [0.5, 0.6) is 0 Å². The van der Waals surface area contributed by atoms with Crippen molar-refractivity contribution in [2.45, 2.75) is 13.0 Å². The van der Waals surface area contributed by atoms with Gasteiger partial charge in [-0.15, -0.1) is 0 Å². The summed E-state index contributed by atoms with van der Waals surface area (Å²) in [5.74, 6) is -1.13. The minimum absolute atomic E-state index is 0.276. The topological polar surface area (TPSA) is 79.2 Å². The number of nitrogens with one attached hydrogen (secondary N) is 1. The third-order valence-corrected chi connectivity index (χ3v) is 4.46. The fraction of sp³-hybridized carbons (Fsp3) is 0.0870. The van der Waals surface area contributed by atoms with Crippen molar-refractivity contribution in [1.29, 1.82) is 5.26 Å². The number of anilines is 1. The zero-order valence-electron chi connectivity index (χ0n) is 15.6. The lowest BCUT2D eigenvalue weighted by atomic mass is 9.96. The molecule has 3 aromatic carbocycles. The predicted molar refractivity (Wildman–Crippen MR) is 112 cm³/mol. The molecule has 0 aromatic heterocycles. The molecule has 0 aliphatic heterocycles. The molecule has 3 aromatic rings. The van der Waals surface area contributed by atoms with Gasteiger partial charge in [0, 0.05) is 16.3 Å². The van der Waals surface area contributed by atoms with Gasteiger partial charge in [0.15, 0.2) is 6.10 Å². The lowest BCUT2D eigenvalue weighted by Crippen LogP contribution is -2.30. The maximum absolute atomic E-state index is 12.8. The van der Waals surface area contributed by atoms with Crippen LogP contribution in [0.4, 0.5) is 5.69 Å². The highest BCUT2D eigenvalue weighted by Crippen LogP contribution is 2.27. The highest BCUT2D eigenvalue weighted by atomic mass is 35.5. The van der Waals surface area contributed by atoms with Crippen LogP contribution in [0.15, 0.2) is 72.8 Å². The summed E-state index contributed by atoms with van der Waals surface area (Å²) in [4.78, 5) is 25.1. The van der Waals surface area contributed by atoms with E-state index in [4.69, 9.17) is 16.3 Å². The highest BCUT2D eigenvalue weighted by Gasteiger charge is 2.22. The summed E-state index contributed by atoms with van der Waals surface area (Å²) in [5, 5.41) is 12.5. The first kappa shape index (κ1) is 20.1. The lowest BCUT2D eigenvalue weighted by Gasteiger charge is -2.15. The van der Waals surface area contributed by atoms with E-state index in [2.05, 4.69) is 11.4 Å². The van der Waals surface area contributed by atoms with Gasteiger partial charge in [-0.1, -0.05) is 54.1 Å². The van der Waals surface area contributed by atoms with E-state index in [-0.39, 0.29) is 5.56 Å². The first-order chi connectivity index (χ1) is 14.0. The van der Waals surface area contributed by atoms with Gasteiger partial charge >= 0.3 is 5.97 Å². The van der Waals surface area contributed by atoms with Crippen molar-refractivity contribution in [3.8, 4) is 17.2 Å². The Morgan fingerprint density at radius 1 is 1.00 bits per heavy atom. The van der Waals surface area contributed by atoms with Gasteiger partial charge in [0.1, 0.15) is 0 Å². The molecule has 144 valence electrons. The Balaban J connectivity index is 1.79. The Labute approximate surface area is 173 Å². The summed E-state index contributed by atoms with van der Waals surface area (Å²) in [6.45, 7) is 1.49. The van der Waals surface area contributed by atoms with E-state index < -0.39 is 18.0 Å². The number of amides is 1. The van der Waals surface area contributed by atoms with Gasteiger partial charge in [0.2, 0.25) is 0 Å². The molecule has 0 radical (unpaired) electrons. The number of halogens is 1. The van der Waals surface area contributed by atoms with Gasteiger partial charge in [-0.05, 0) is 42.8 Å². The SMILES string of the molecule is C[C@@H](OC(=O)c1ccccc1-c1ccccc1C#N)C(=O)Nc1cccc(Cl)c1. The number of carbonyl (C=O) groups is 2.